The van der Waals surface area contributed by atoms with E-state index in [0.29, 0.717) is 0 Å². The van der Waals surface area contributed by atoms with Gasteiger partial charge < -0.3 is 10.6 Å². The van der Waals surface area contributed by atoms with Crippen molar-refractivity contribution in [3.63, 3.8) is 0 Å². The number of carbonyl (C=O) groups excluding carboxylic acids is 3. The molecule has 26 heavy (non-hydrogen) atoms. The molecule has 1 atom stereocenters. The molecular formula is C20H29N3O3. The number of urea groups is 1. The number of hydrogen-bond donors (Lipinski definition) is 2. The first kappa shape index (κ1) is 19.9. The van der Waals surface area contributed by atoms with Crippen LogP contribution < -0.4 is 10.6 Å². The van der Waals surface area contributed by atoms with Crippen LogP contribution in [0.15, 0.2) is 24.3 Å². The van der Waals surface area contributed by atoms with Crippen LogP contribution >= 0.6 is 0 Å². The van der Waals surface area contributed by atoms with E-state index in [1.54, 1.807) is 6.92 Å². The van der Waals surface area contributed by atoms with E-state index in [-0.39, 0.29) is 18.5 Å². The third-order valence-corrected chi connectivity index (χ3v) is 5.00. The number of imide groups is 1. The van der Waals surface area contributed by atoms with Gasteiger partial charge in [0.25, 0.3) is 5.91 Å². The fourth-order valence-electron chi connectivity index (χ4n) is 3.24. The zero-order valence-electron chi connectivity index (χ0n) is 16.1. The molecule has 6 heteroatoms. The van der Waals surface area contributed by atoms with E-state index < -0.39 is 17.5 Å². The van der Waals surface area contributed by atoms with Crippen molar-refractivity contribution in [2.45, 2.75) is 65.0 Å². The number of nitrogens with zero attached hydrogens (tertiary/aromatic N) is 1. The van der Waals surface area contributed by atoms with Gasteiger partial charge in [0, 0.05) is 6.04 Å². The van der Waals surface area contributed by atoms with E-state index in [4.69, 9.17) is 0 Å². The average Bonchev–Trinajstić information content (AvgIpc) is 2.84. The summed E-state index contributed by atoms with van der Waals surface area (Å²) in [6.45, 7) is 7.51. The maximum atomic E-state index is 12.9. The minimum absolute atomic E-state index is 0.0563. The Balaban J connectivity index is 2.12. The van der Waals surface area contributed by atoms with Gasteiger partial charge in [-0.15, -0.1) is 0 Å². The SMILES string of the molecule is CCCc1ccc([C@]2(C)NC(=O)N(CC(=O)NC(CC)CC)C2=O)cc1. The zero-order valence-corrected chi connectivity index (χ0v) is 16.1. The van der Waals surface area contributed by atoms with Crippen molar-refractivity contribution in [3.8, 4) is 0 Å². The smallest absolute Gasteiger partial charge is 0.325 e. The number of aryl methyl sites for hydroxylation is 1. The van der Waals surface area contributed by atoms with E-state index >= 15 is 0 Å². The van der Waals surface area contributed by atoms with Gasteiger partial charge in [0.2, 0.25) is 5.91 Å². The summed E-state index contributed by atoms with van der Waals surface area (Å²) in [4.78, 5) is 38.4. The van der Waals surface area contributed by atoms with Crippen molar-refractivity contribution >= 4 is 17.8 Å². The minimum Gasteiger partial charge on any atom is -0.352 e. The Morgan fingerprint density at radius 1 is 1.15 bits per heavy atom. The number of benzene rings is 1. The van der Waals surface area contributed by atoms with Crippen LogP contribution in [-0.2, 0) is 21.5 Å². The van der Waals surface area contributed by atoms with Crippen LogP contribution in [0.2, 0.25) is 0 Å². The van der Waals surface area contributed by atoms with Crippen LogP contribution in [-0.4, -0.2) is 35.3 Å². The zero-order chi connectivity index (χ0) is 19.3. The highest BCUT2D eigenvalue weighted by molar-refractivity contribution is 6.09. The van der Waals surface area contributed by atoms with Crippen molar-refractivity contribution in [1.82, 2.24) is 15.5 Å². The third-order valence-electron chi connectivity index (χ3n) is 5.00. The molecule has 2 N–H and O–H groups in total. The van der Waals surface area contributed by atoms with Gasteiger partial charge in [-0.05, 0) is 37.3 Å². The fraction of sp³-hybridized carbons (Fsp3) is 0.550. The highest BCUT2D eigenvalue weighted by Crippen LogP contribution is 2.29. The maximum Gasteiger partial charge on any atom is 0.325 e. The molecule has 0 aromatic heterocycles. The first-order valence-corrected chi connectivity index (χ1v) is 9.38. The van der Waals surface area contributed by atoms with Gasteiger partial charge in [-0.2, -0.15) is 0 Å². The van der Waals surface area contributed by atoms with Crippen LogP contribution in [0.5, 0.6) is 0 Å². The van der Waals surface area contributed by atoms with Crippen molar-refractivity contribution in [3.05, 3.63) is 35.4 Å². The fourth-order valence-corrected chi connectivity index (χ4v) is 3.24. The standard InChI is InChI=1S/C20H29N3O3/c1-5-8-14-9-11-15(12-10-14)20(4)18(25)23(19(26)22-20)13-17(24)21-16(6-2)7-3/h9-12,16H,5-8,13H2,1-4H3,(H,21,24)(H,22,26)/t20-/m0/s1. The molecule has 142 valence electrons. The minimum atomic E-state index is -1.14. The molecule has 0 aliphatic carbocycles. The molecule has 4 amide bonds. The lowest BCUT2D eigenvalue weighted by molar-refractivity contribution is -0.135. The first-order valence-electron chi connectivity index (χ1n) is 9.38. The van der Waals surface area contributed by atoms with Crippen molar-refractivity contribution < 1.29 is 14.4 Å². The van der Waals surface area contributed by atoms with E-state index in [9.17, 15) is 14.4 Å². The molecule has 1 aliphatic heterocycles. The molecule has 0 bridgehead atoms. The Kier molecular flexibility index (Phi) is 6.40. The molecule has 1 fully saturated rings. The molecule has 0 radical (unpaired) electrons. The summed E-state index contributed by atoms with van der Waals surface area (Å²) in [5.41, 5.74) is 0.772. The summed E-state index contributed by atoms with van der Waals surface area (Å²) in [6.07, 6.45) is 3.64. The lowest BCUT2D eigenvalue weighted by atomic mass is 9.91. The van der Waals surface area contributed by atoms with Crippen LogP contribution in [0.4, 0.5) is 4.79 Å². The Morgan fingerprint density at radius 3 is 2.31 bits per heavy atom. The maximum absolute atomic E-state index is 12.9. The number of rotatable bonds is 8. The summed E-state index contributed by atoms with van der Waals surface area (Å²) in [5.74, 6) is -0.713. The molecule has 2 rings (SSSR count). The molecule has 0 spiro atoms. The quantitative estimate of drug-likeness (QED) is 0.701. The van der Waals surface area contributed by atoms with Gasteiger partial charge in [-0.1, -0.05) is 51.5 Å². The number of nitrogens with one attached hydrogen (secondary N) is 2. The van der Waals surface area contributed by atoms with Gasteiger partial charge >= 0.3 is 6.03 Å². The molecule has 0 saturated carbocycles. The largest absolute Gasteiger partial charge is 0.352 e. The molecule has 1 aromatic rings. The molecular weight excluding hydrogens is 330 g/mol. The van der Waals surface area contributed by atoms with Crippen LogP contribution in [0.25, 0.3) is 0 Å². The molecule has 1 heterocycles. The monoisotopic (exact) mass is 359 g/mol. The van der Waals surface area contributed by atoms with Crippen LogP contribution in [0.3, 0.4) is 0 Å². The Hall–Kier alpha value is -2.37. The molecule has 1 saturated heterocycles. The topological polar surface area (TPSA) is 78.5 Å². The highest BCUT2D eigenvalue weighted by atomic mass is 16.2. The number of amides is 4. The first-order chi connectivity index (χ1) is 12.3. The van der Waals surface area contributed by atoms with Gasteiger partial charge in [-0.25, -0.2) is 4.79 Å². The second-order valence-electron chi connectivity index (χ2n) is 6.97. The Bertz CT molecular complexity index is 667. The van der Waals surface area contributed by atoms with Crippen LogP contribution in [0, 0.1) is 0 Å². The molecule has 1 aliphatic rings. The summed E-state index contributed by atoms with van der Waals surface area (Å²) >= 11 is 0. The summed E-state index contributed by atoms with van der Waals surface area (Å²) in [6, 6.07) is 7.22. The number of hydrogen-bond acceptors (Lipinski definition) is 3. The van der Waals surface area contributed by atoms with E-state index in [1.165, 1.54) is 5.56 Å². The lowest BCUT2D eigenvalue weighted by Crippen LogP contribution is -2.45. The highest BCUT2D eigenvalue weighted by Gasteiger charge is 2.49. The van der Waals surface area contributed by atoms with E-state index in [1.807, 2.05) is 38.1 Å². The molecule has 1 aromatic carbocycles. The second-order valence-corrected chi connectivity index (χ2v) is 6.97. The summed E-state index contributed by atoms with van der Waals surface area (Å²) < 4.78 is 0. The van der Waals surface area contributed by atoms with Gasteiger partial charge in [0.05, 0.1) is 0 Å². The summed E-state index contributed by atoms with van der Waals surface area (Å²) in [7, 11) is 0. The van der Waals surface area contributed by atoms with E-state index in [0.717, 1.165) is 36.1 Å². The number of carbonyl (C=O) groups is 3. The van der Waals surface area contributed by atoms with Gasteiger partial charge in [0.1, 0.15) is 12.1 Å². The second kappa shape index (κ2) is 8.34. The summed E-state index contributed by atoms with van der Waals surface area (Å²) in [5, 5.41) is 5.60. The third kappa shape index (κ3) is 4.06. The average molecular weight is 359 g/mol. The van der Waals surface area contributed by atoms with Gasteiger partial charge in [-0.3, -0.25) is 14.5 Å². The molecule has 6 nitrogen and oxygen atoms in total. The Morgan fingerprint density at radius 2 is 1.77 bits per heavy atom. The van der Waals surface area contributed by atoms with E-state index in [2.05, 4.69) is 17.6 Å². The predicted molar refractivity (Wildman–Crippen MR) is 101 cm³/mol. The van der Waals surface area contributed by atoms with Crippen LogP contribution in [0.1, 0.15) is 58.1 Å². The lowest BCUT2D eigenvalue weighted by Gasteiger charge is -2.23. The molecule has 0 unspecified atom stereocenters. The van der Waals surface area contributed by atoms with Crippen molar-refractivity contribution in [2.24, 2.45) is 0 Å². The van der Waals surface area contributed by atoms with Crippen molar-refractivity contribution in [1.29, 1.82) is 0 Å². The van der Waals surface area contributed by atoms with Gasteiger partial charge in [0.15, 0.2) is 0 Å². The predicted octanol–water partition coefficient (Wildman–Crippen LogP) is 2.71. The normalized spacial score (nSPS) is 19.8. The Labute approximate surface area is 155 Å². The van der Waals surface area contributed by atoms with Crippen molar-refractivity contribution in [2.75, 3.05) is 6.54 Å².